The van der Waals surface area contributed by atoms with Crippen molar-refractivity contribution >= 4 is 29.0 Å². The van der Waals surface area contributed by atoms with Crippen molar-refractivity contribution in [1.82, 2.24) is 19.8 Å². The molecule has 0 atom stereocenters. The van der Waals surface area contributed by atoms with Crippen molar-refractivity contribution in [2.75, 3.05) is 18.6 Å². The van der Waals surface area contributed by atoms with Crippen molar-refractivity contribution in [3.8, 4) is 5.75 Å². The van der Waals surface area contributed by atoms with Gasteiger partial charge in [0.15, 0.2) is 5.82 Å². The van der Waals surface area contributed by atoms with Crippen LogP contribution in [0, 0.1) is 6.92 Å². The summed E-state index contributed by atoms with van der Waals surface area (Å²) in [6.07, 6.45) is 0. The number of rotatable bonds is 9. The zero-order valence-corrected chi connectivity index (χ0v) is 19.3. The molecule has 0 fully saturated rings. The number of aromatic nitrogens is 3. The first-order valence-electron chi connectivity index (χ1n) is 9.65. The highest BCUT2D eigenvalue weighted by Gasteiger charge is 2.16. The number of nitrogen functional groups attached to an aromatic ring is 1. The molecule has 30 heavy (non-hydrogen) atoms. The number of aryl methyl sites for hydroxylation is 1. The Morgan fingerprint density at radius 3 is 2.83 bits per heavy atom. The Bertz CT molecular complexity index is 985. The van der Waals surface area contributed by atoms with E-state index in [0.717, 1.165) is 22.4 Å². The second-order valence-corrected chi connectivity index (χ2v) is 9.15. The molecule has 0 radical (unpaired) electrons. The molecule has 0 unspecified atom stereocenters. The van der Waals surface area contributed by atoms with Gasteiger partial charge in [-0.2, -0.15) is 11.3 Å². The smallest absolute Gasteiger partial charge is 0.233 e. The minimum atomic E-state index is 0.00772. The first kappa shape index (κ1) is 22.2. The van der Waals surface area contributed by atoms with Crippen LogP contribution >= 0.6 is 23.1 Å². The molecule has 160 valence electrons. The summed E-state index contributed by atoms with van der Waals surface area (Å²) in [5.74, 6) is 8.06. The van der Waals surface area contributed by atoms with Gasteiger partial charge in [0.2, 0.25) is 11.1 Å². The number of hydrogen-bond donors (Lipinski definition) is 1. The van der Waals surface area contributed by atoms with E-state index in [0.29, 0.717) is 23.4 Å². The second kappa shape index (κ2) is 9.99. The minimum absolute atomic E-state index is 0.00772. The van der Waals surface area contributed by atoms with E-state index in [1.807, 2.05) is 29.8 Å². The second-order valence-electron chi connectivity index (χ2n) is 7.42. The fraction of sp³-hybridized carbons (Fsp3) is 0.381. The molecule has 0 bridgehead atoms. The number of carbonyl (C=O) groups is 1. The number of thioether (sulfide) groups is 1. The molecule has 0 spiro atoms. The summed E-state index contributed by atoms with van der Waals surface area (Å²) >= 11 is 2.89. The third-order valence-corrected chi connectivity index (χ3v) is 6.29. The first-order valence-corrected chi connectivity index (χ1v) is 11.6. The molecule has 1 amide bonds. The highest BCUT2D eigenvalue weighted by atomic mass is 32.2. The maximum atomic E-state index is 12.4. The van der Waals surface area contributed by atoms with Gasteiger partial charge in [-0.3, -0.25) is 4.79 Å². The number of hydrogen-bond acceptors (Lipinski definition) is 7. The van der Waals surface area contributed by atoms with Crippen LogP contribution in [0.2, 0.25) is 0 Å². The van der Waals surface area contributed by atoms with Crippen molar-refractivity contribution < 1.29 is 9.53 Å². The number of benzene rings is 1. The first-order chi connectivity index (χ1) is 14.3. The Balaban J connectivity index is 1.57. The zero-order valence-electron chi connectivity index (χ0n) is 17.7. The summed E-state index contributed by atoms with van der Waals surface area (Å²) in [4.78, 5) is 14.1. The maximum Gasteiger partial charge on any atom is 0.233 e. The minimum Gasteiger partial charge on any atom is -0.485 e. The number of nitrogens with zero attached hydrogens (tertiary/aromatic N) is 4. The molecule has 7 nitrogen and oxygen atoms in total. The van der Waals surface area contributed by atoms with Crippen LogP contribution in [-0.4, -0.2) is 38.5 Å². The third-order valence-electron chi connectivity index (χ3n) is 4.63. The normalized spacial score (nSPS) is 11.1. The molecular weight excluding hydrogens is 418 g/mol. The quantitative estimate of drug-likeness (QED) is 0.398. The van der Waals surface area contributed by atoms with E-state index in [1.165, 1.54) is 16.4 Å². The van der Waals surface area contributed by atoms with E-state index in [1.54, 1.807) is 23.3 Å². The van der Waals surface area contributed by atoms with Gasteiger partial charge in [-0.25, -0.2) is 4.68 Å². The van der Waals surface area contributed by atoms with Gasteiger partial charge in [-0.05, 0) is 52.4 Å². The molecule has 2 heterocycles. The Kier molecular flexibility index (Phi) is 7.38. The van der Waals surface area contributed by atoms with Crippen molar-refractivity contribution in [3.63, 3.8) is 0 Å². The lowest BCUT2D eigenvalue weighted by molar-refractivity contribution is -0.127. The molecule has 0 aliphatic carbocycles. The van der Waals surface area contributed by atoms with E-state index in [2.05, 4.69) is 36.2 Å². The predicted octanol–water partition coefficient (Wildman–Crippen LogP) is 3.81. The SMILES string of the molecule is Cc1ccc(C(C)C)c(OCc2nnc(SCC(=O)N(C)Cc3ccsc3)n2N)c1. The van der Waals surface area contributed by atoms with Gasteiger partial charge in [0.1, 0.15) is 12.4 Å². The van der Waals surface area contributed by atoms with Crippen molar-refractivity contribution in [2.45, 2.75) is 45.0 Å². The maximum absolute atomic E-state index is 12.4. The van der Waals surface area contributed by atoms with Crippen LogP contribution in [0.1, 0.15) is 42.3 Å². The van der Waals surface area contributed by atoms with Crippen LogP contribution in [0.25, 0.3) is 0 Å². The number of ether oxygens (including phenoxy) is 1. The summed E-state index contributed by atoms with van der Waals surface area (Å²) in [6, 6.07) is 8.20. The molecule has 3 aromatic rings. The van der Waals surface area contributed by atoms with Gasteiger partial charge in [0, 0.05) is 13.6 Å². The van der Waals surface area contributed by atoms with E-state index >= 15 is 0 Å². The molecule has 3 rings (SSSR count). The van der Waals surface area contributed by atoms with Gasteiger partial charge >= 0.3 is 0 Å². The summed E-state index contributed by atoms with van der Waals surface area (Å²) in [5, 5.41) is 12.8. The average Bonchev–Trinajstić information content (AvgIpc) is 3.34. The lowest BCUT2D eigenvalue weighted by Gasteiger charge is -2.16. The van der Waals surface area contributed by atoms with E-state index < -0.39 is 0 Å². The highest BCUT2D eigenvalue weighted by Crippen LogP contribution is 2.28. The largest absolute Gasteiger partial charge is 0.485 e. The molecule has 0 saturated heterocycles. The zero-order chi connectivity index (χ0) is 21.7. The van der Waals surface area contributed by atoms with Crippen LogP contribution in [0.3, 0.4) is 0 Å². The average molecular weight is 446 g/mol. The summed E-state index contributed by atoms with van der Waals surface area (Å²) in [6.45, 7) is 7.09. The Labute approximate surface area is 185 Å². The number of amides is 1. The van der Waals surface area contributed by atoms with Gasteiger partial charge in [0.25, 0.3) is 0 Å². The topological polar surface area (TPSA) is 86.3 Å². The molecular formula is C21H27N5O2S2. The van der Waals surface area contributed by atoms with Gasteiger partial charge in [-0.15, -0.1) is 10.2 Å². The Morgan fingerprint density at radius 1 is 1.33 bits per heavy atom. The molecule has 0 saturated carbocycles. The van der Waals surface area contributed by atoms with Crippen molar-refractivity contribution in [3.05, 3.63) is 57.5 Å². The lowest BCUT2D eigenvalue weighted by atomic mass is 10.0. The van der Waals surface area contributed by atoms with E-state index in [4.69, 9.17) is 10.6 Å². The monoisotopic (exact) mass is 445 g/mol. The van der Waals surface area contributed by atoms with Crippen LogP contribution in [0.5, 0.6) is 5.75 Å². The molecule has 2 N–H and O–H groups in total. The summed E-state index contributed by atoms with van der Waals surface area (Å²) in [5.41, 5.74) is 3.39. The van der Waals surface area contributed by atoms with Crippen LogP contribution < -0.4 is 10.6 Å². The van der Waals surface area contributed by atoms with Gasteiger partial charge in [0.05, 0.1) is 5.75 Å². The molecule has 2 aromatic heterocycles. The molecule has 0 aliphatic heterocycles. The standard InChI is InChI=1S/C21H27N5O2S2/c1-14(2)17-6-5-15(3)9-18(17)28-11-19-23-24-21(26(19)22)30-13-20(27)25(4)10-16-7-8-29-12-16/h5-9,12,14H,10-11,13,22H2,1-4H3. The third kappa shape index (κ3) is 5.54. The van der Waals surface area contributed by atoms with Crippen LogP contribution in [0.4, 0.5) is 0 Å². The van der Waals surface area contributed by atoms with Crippen LogP contribution in [-0.2, 0) is 17.9 Å². The number of thiophene rings is 1. The van der Waals surface area contributed by atoms with Gasteiger partial charge in [-0.1, -0.05) is 37.7 Å². The van der Waals surface area contributed by atoms with Gasteiger partial charge < -0.3 is 15.5 Å². The predicted molar refractivity (Wildman–Crippen MR) is 121 cm³/mol. The van der Waals surface area contributed by atoms with E-state index in [-0.39, 0.29) is 18.3 Å². The molecule has 9 heteroatoms. The fourth-order valence-corrected chi connectivity index (χ4v) is 4.35. The Morgan fingerprint density at radius 2 is 2.13 bits per heavy atom. The van der Waals surface area contributed by atoms with Crippen LogP contribution in [0.15, 0.2) is 40.2 Å². The summed E-state index contributed by atoms with van der Waals surface area (Å²) in [7, 11) is 1.79. The number of carbonyl (C=O) groups excluding carboxylic acids is 1. The number of nitrogens with two attached hydrogens (primary N) is 1. The summed E-state index contributed by atoms with van der Waals surface area (Å²) < 4.78 is 7.39. The molecule has 1 aromatic carbocycles. The van der Waals surface area contributed by atoms with E-state index in [9.17, 15) is 4.79 Å². The van der Waals surface area contributed by atoms with Crippen molar-refractivity contribution in [1.29, 1.82) is 0 Å². The van der Waals surface area contributed by atoms with Crippen molar-refractivity contribution in [2.24, 2.45) is 0 Å². The lowest BCUT2D eigenvalue weighted by Crippen LogP contribution is -2.28. The molecule has 0 aliphatic rings. The fourth-order valence-electron chi connectivity index (χ4n) is 2.87. The highest BCUT2D eigenvalue weighted by molar-refractivity contribution is 7.99. The Hall–Kier alpha value is -2.52.